The van der Waals surface area contributed by atoms with Crippen LogP contribution in [-0.4, -0.2) is 10.9 Å². The van der Waals surface area contributed by atoms with Crippen LogP contribution in [0.25, 0.3) is 10.9 Å². The number of halogens is 1. The standard InChI is InChI=1S/C18H17FN2O/c1-11-5-12(2)7-15(6-11)21-18(22)8-13-10-20-17-4-3-14(19)9-16(13)17/h3-7,9-10,20H,8H2,1-2H3,(H,21,22). The van der Waals surface area contributed by atoms with Crippen molar-refractivity contribution in [3.63, 3.8) is 0 Å². The first-order valence-electron chi connectivity index (χ1n) is 7.15. The van der Waals surface area contributed by atoms with E-state index in [2.05, 4.69) is 16.4 Å². The number of benzene rings is 2. The topological polar surface area (TPSA) is 44.9 Å². The molecule has 0 atom stereocenters. The number of carbonyl (C=O) groups is 1. The normalized spacial score (nSPS) is 10.9. The quantitative estimate of drug-likeness (QED) is 0.750. The van der Waals surface area contributed by atoms with Crippen molar-refractivity contribution in [2.45, 2.75) is 20.3 Å². The number of H-pyrrole nitrogens is 1. The smallest absolute Gasteiger partial charge is 0.228 e. The molecule has 0 spiro atoms. The summed E-state index contributed by atoms with van der Waals surface area (Å²) in [6.45, 7) is 3.98. The van der Waals surface area contributed by atoms with Crippen molar-refractivity contribution in [2.75, 3.05) is 5.32 Å². The molecule has 0 fully saturated rings. The molecule has 1 amide bonds. The van der Waals surface area contributed by atoms with Gasteiger partial charge in [-0.3, -0.25) is 4.79 Å². The molecule has 2 N–H and O–H groups in total. The van der Waals surface area contributed by atoms with Gasteiger partial charge in [-0.2, -0.15) is 0 Å². The van der Waals surface area contributed by atoms with E-state index in [1.165, 1.54) is 12.1 Å². The summed E-state index contributed by atoms with van der Waals surface area (Å²) in [4.78, 5) is 15.3. The maximum Gasteiger partial charge on any atom is 0.228 e. The Morgan fingerprint density at radius 2 is 1.86 bits per heavy atom. The van der Waals surface area contributed by atoms with Gasteiger partial charge in [-0.1, -0.05) is 6.07 Å². The number of hydrogen-bond acceptors (Lipinski definition) is 1. The molecule has 3 nitrogen and oxygen atoms in total. The zero-order chi connectivity index (χ0) is 15.7. The highest BCUT2D eigenvalue weighted by Crippen LogP contribution is 2.20. The van der Waals surface area contributed by atoms with E-state index in [0.717, 1.165) is 33.3 Å². The van der Waals surface area contributed by atoms with Crippen LogP contribution >= 0.6 is 0 Å². The van der Waals surface area contributed by atoms with Crippen LogP contribution in [0.4, 0.5) is 10.1 Å². The van der Waals surface area contributed by atoms with Gasteiger partial charge in [0.05, 0.1) is 6.42 Å². The molecule has 1 aromatic heterocycles. The zero-order valence-corrected chi connectivity index (χ0v) is 12.5. The number of rotatable bonds is 3. The first-order chi connectivity index (χ1) is 10.5. The lowest BCUT2D eigenvalue weighted by Gasteiger charge is -2.07. The van der Waals surface area contributed by atoms with Crippen LogP contribution in [0.15, 0.2) is 42.6 Å². The summed E-state index contributed by atoms with van der Waals surface area (Å²) >= 11 is 0. The number of carbonyl (C=O) groups excluding carboxylic acids is 1. The number of aryl methyl sites for hydroxylation is 2. The van der Waals surface area contributed by atoms with Gasteiger partial charge in [0.15, 0.2) is 0 Å². The number of anilines is 1. The lowest BCUT2D eigenvalue weighted by molar-refractivity contribution is -0.115. The third-order valence-electron chi connectivity index (χ3n) is 3.59. The molecule has 112 valence electrons. The zero-order valence-electron chi connectivity index (χ0n) is 12.5. The molecule has 0 bridgehead atoms. The first-order valence-corrected chi connectivity index (χ1v) is 7.15. The third kappa shape index (κ3) is 3.01. The van der Waals surface area contributed by atoms with Crippen molar-refractivity contribution >= 4 is 22.5 Å². The summed E-state index contributed by atoms with van der Waals surface area (Å²) in [5, 5.41) is 3.64. The van der Waals surface area contributed by atoms with E-state index in [1.807, 2.05) is 26.0 Å². The van der Waals surface area contributed by atoms with E-state index in [0.29, 0.717) is 0 Å². The fourth-order valence-electron chi connectivity index (χ4n) is 2.72. The van der Waals surface area contributed by atoms with E-state index in [4.69, 9.17) is 0 Å². The number of hydrogen-bond donors (Lipinski definition) is 2. The Bertz CT molecular complexity index is 831. The fourth-order valence-corrected chi connectivity index (χ4v) is 2.72. The van der Waals surface area contributed by atoms with E-state index in [1.54, 1.807) is 12.3 Å². The van der Waals surface area contributed by atoms with Crippen LogP contribution in [0.1, 0.15) is 16.7 Å². The van der Waals surface area contributed by atoms with Gasteiger partial charge in [0, 0.05) is 22.8 Å². The van der Waals surface area contributed by atoms with Crippen molar-refractivity contribution in [2.24, 2.45) is 0 Å². The molecule has 3 aromatic rings. The Morgan fingerprint density at radius 3 is 2.59 bits per heavy atom. The minimum Gasteiger partial charge on any atom is -0.361 e. The van der Waals surface area contributed by atoms with Gasteiger partial charge >= 0.3 is 0 Å². The minimum atomic E-state index is -0.303. The van der Waals surface area contributed by atoms with E-state index < -0.39 is 0 Å². The molecule has 0 saturated heterocycles. The van der Waals surface area contributed by atoms with Crippen LogP contribution < -0.4 is 5.32 Å². The van der Waals surface area contributed by atoms with Crippen molar-refractivity contribution < 1.29 is 9.18 Å². The van der Waals surface area contributed by atoms with E-state index in [-0.39, 0.29) is 18.1 Å². The molecule has 4 heteroatoms. The number of nitrogens with one attached hydrogen (secondary N) is 2. The summed E-state index contributed by atoms with van der Waals surface area (Å²) < 4.78 is 13.4. The maximum atomic E-state index is 13.4. The number of aromatic amines is 1. The monoisotopic (exact) mass is 296 g/mol. The molecule has 0 unspecified atom stereocenters. The highest BCUT2D eigenvalue weighted by atomic mass is 19.1. The average molecular weight is 296 g/mol. The Kier molecular flexibility index (Phi) is 3.67. The van der Waals surface area contributed by atoms with Crippen LogP contribution in [0.2, 0.25) is 0 Å². The average Bonchev–Trinajstić information content (AvgIpc) is 2.80. The van der Waals surface area contributed by atoms with Gasteiger partial charge in [0.25, 0.3) is 0 Å². The molecule has 2 aromatic carbocycles. The van der Waals surface area contributed by atoms with Gasteiger partial charge in [0.1, 0.15) is 5.82 Å². The van der Waals surface area contributed by atoms with Crippen LogP contribution in [0.5, 0.6) is 0 Å². The third-order valence-corrected chi connectivity index (χ3v) is 3.59. The molecule has 3 rings (SSSR count). The Balaban J connectivity index is 1.79. The molecule has 0 saturated carbocycles. The lowest BCUT2D eigenvalue weighted by atomic mass is 10.1. The fraction of sp³-hybridized carbons (Fsp3) is 0.167. The van der Waals surface area contributed by atoms with Gasteiger partial charge in [-0.25, -0.2) is 4.39 Å². The number of aromatic nitrogens is 1. The van der Waals surface area contributed by atoms with Gasteiger partial charge in [-0.15, -0.1) is 0 Å². The summed E-state index contributed by atoms with van der Waals surface area (Å²) in [6, 6.07) is 10.4. The molecule has 0 aliphatic rings. The molecular weight excluding hydrogens is 279 g/mol. The van der Waals surface area contributed by atoms with Crippen molar-refractivity contribution in [3.8, 4) is 0 Å². The second-order valence-corrected chi connectivity index (χ2v) is 5.61. The van der Waals surface area contributed by atoms with Gasteiger partial charge in [-0.05, 0) is 60.9 Å². The molecule has 0 radical (unpaired) electrons. The Labute approximate surface area is 128 Å². The van der Waals surface area contributed by atoms with E-state index >= 15 is 0 Å². The van der Waals surface area contributed by atoms with Gasteiger partial charge in [0.2, 0.25) is 5.91 Å². The van der Waals surface area contributed by atoms with Crippen molar-refractivity contribution in [1.29, 1.82) is 0 Å². The molecule has 0 aliphatic carbocycles. The SMILES string of the molecule is Cc1cc(C)cc(NC(=O)Cc2c[nH]c3ccc(F)cc23)c1. The molecule has 0 aliphatic heterocycles. The maximum absolute atomic E-state index is 13.4. The van der Waals surface area contributed by atoms with Crippen LogP contribution in [0.3, 0.4) is 0 Å². The van der Waals surface area contributed by atoms with Crippen LogP contribution in [-0.2, 0) is 11.2 Å². The molecule has 1 heterocycles. The van der Waals surface area contributed by atoms with E-state index in [9.17, 15) is 9.18 Å². The highest BCUT2D eigenvalue weighted by molar-refractivity contribution is 5.95. The largest absolute Gasteiger partial charge is 0.361 e. The summed E-state index contributed by atoms with van der Waals surface area (Å²) in [7, 11) is 0. The lowest BCUT2D eigenvalue weighted by Crippen LogP contribution is -2.14. The summed E-state index contributed by atoms with van der Waals surface area (Å²) in [5.74, 6) is -0.418. The van der Waals surface area contributed by atoms with Crippen molar-refractivity contribution in [1.82, 2.24) is 4.98 Å². The predicted octanol–water partition coefficient (Wildman–Crippen LogP) is 4.11. The summed E-state index contributed by atoms with van der Waals surface area (Å²) in [5.41, 5.74) is 4.61. The predicted molar refractivity (Wildman–Crippen MR) is 86.5 cm³/mol. The Hall–Kier alpha value is -2.62. The Morgan fingerprint density at radius 1 is 1.14 bits per heavy atom. The van der Waals surface area contributed by atoms with Crippen molar-refractivity contribution in [3.05, 3.63) is 65.1 Å². The number of amides is 1. The second kappa shape index (κ2) is 5.64. The molecular formula is C18H17FN2O. The summed E-state index contributed by atoms with van der Waals surface area (Å²) in [6.07, 6.45) is 1.96. The van der Waals surface area contributed by atoms with Gasteiger partial charge < -0.3 is 10.3 Å². The highest BCUT2D eigenvalue weighted by Gasteiger charge is 2.10. The number of fused-ring (bicyclic) bond motifs is 1. The first kappa shape index (κ1) is 14.3. The second-order valence-electron chi connectivity index (χ2n) is 5.61. The van der Waals surface area contributed by atoms with Crippen LogP contribution in [0, 0.1) is 19.7 Å². The minimum absolute atomic E-state index is 0.116. The molecule has 22 heavy (non-hydrogen) atoms.